The van der Waals surface area contributed by atoms with E-state index in [4.69, 9.17) is 9.47 Å². The molecule has 0 aromatic heterocycles. The third-order valence-corrected chi connectivity index (χ3v) is 4.55. The Hall–Kier alpha value is -2.73. The molecule has 0 saturated carbocycles. The van der Waals surface area contributed by atoms with Crippen molar-refractivity contribution < 1.29 is 19.4 Å². The molecule has 2 aromatic carbocycles. The van der Waals surface area contributed by atoms with Crippen LogP contribution in [-0.2, 0) is 13.0 Å². The Morgan fingerprint density at radius 2 is 1.92 bits per heavy atom. The number of carbonyl (C=O) groups is 1. The van der Waals surface area contributed by atoms with Gasteiger partial charge < -0.3 is 25.2 Å². The highest BCUT2D eigenvalue weighted by Gasteiger charge is 2.31. The van der Waals surface area contributed by atoms with Gasteiger partial charge in [-0.25, -0.2) is 4.79 Å². The zero-order valence-electron chi connectivity index (χ0n) is 13.7. The molecular weight excluding hydrogens is 320 g/mol. The third kappa shape index (κ3) is 3.25. The summed E-state index contributed by atoms with van der Waals surface area (Å²) < 4.78 is 11.0. The molecule has 0 spiro atoms. The number of hydrogen-bond acceptors (Lipinski definition) is 4. The number of rotatable bonds is 3. The van der Waals surface area contributed by atoms with Gasteiger partial charge in [0, 0.05) is 13.0 Å². The van der Waals surface area contributed by atoms with Crippen LogP contribution in [0.15, 0.2) is 42.5 Å². The van der Waals surface area contributed by atoms with Crippen molar-refractivity contribution in [2.24, 2.45) is 0 Å². The zero-order valence-corrected chi connectivity index (χ0v) is 13.7. The van der Waals surface area contributed by atoms with Crippen LogP contribution in [0.2, 0.25) is 0 Å². The smallest absolute Gasteiger partial charge is 0.315 e. The number of carbonyl (C=O) groups excluding carboxylic acids is 1. The minimum atomic E-state index is -0.600. The number of hydrogen-bond donors (Lipinski definition) is 3. The SMILES string of the molecule is O=C(NCc1ccc2c(c1)OCCO2)N[C@H]1c2ccccc2C[C@H]1O. The summed E-state index contributed by atoms with van der Waals surface area (Å²) in [5.41, 5.74) is 2.98. The number of amides is 2. The fraction of sp³-hybridized carbons (Fsp3) is 0.316. The third-order valence-electron chi connectivity index (χ3n) is 4.55. The number of aliphatic hydroxyl groups is 1. The second-order valence-electron chi connectivity index (χ2n) is 6.25. The maximum Gasteiger partial charge on any atom is 0.315 e. The fourth-order valence-corrected chi connectivity index (χ4v) is 3.32. The van der Waals surface area contributed by atoms with Crippen LogP contribution in [0, 0.1) is 0 Å². The van der Waals surface area contributed by atoms with E-state index in [1.54, 1.807) is 0 Å². The highest BCUT2D eigenvalue weighted by atomic mass is 16.6. The van der Waals surface area contributed by atoms with Crippen LogP contribution >= 0.6 is 0 Å². The van der Waals surface area contributed by atoms with E-state index >= 15 is 0 Å². The van der Waals surface area contributed by atoms with Gasteiger partial charge in [-0.15, -0.1) is 0 Å². The molecule has 130 valence electrons. The Balaban J connectivity index is 1.37. The van der Waals surface area contributed by atoms with Gasteiger partial charge in [0.05, 0.1) is 12.1 Å². The topological polar surface area (TPSA) is 79.8 Å². The molecule has 0 saturated heterocycles. The number of nitrogens with one attached hydrogen (secondary N) is 2. The van der Waals surface area contributed by atoms with Crippen LogP contribution < -0.4 is 20.1 Å². The van der Waals surface area contributed by atoms with Crippen molar-refractivity contribution in [1.82, 2.24) is 10.6 Å². The molecule has 3 N–H and O–H groups in total. The molecule has 4 rings (SSSR count). The Morgan fingerprint density at radius 1 is 1.12 bits per heavy atom. The molecule has 2 atom stereocenters. The molecule has 0 bridgehead atoms. The van der Waals surface area contributed by atoms with Gasteiger partial charge in [-0.05, 0) is 28.8 Å². The van der Waals surface area contributed by atoms with E-state index < -0.39 is 6.10 Å². The van der Waals surface area contributed by atoms with Gasteiger partial charge in [-0.1, -0.05) is 30.3 Å². The quantitative estimate of drug-likeness (QED) is 0.797. The van der Waals surface area contributed by atoms with E-state index in [0.29, 0.717) is 31.9 Å². The predicted molar refractivity (Wildman–Crippen MR) is 91.7 cm³/mol. The zero-order chi connectivity index (χ0) is 17.2. The fourth-order valence-electron chi connectivity index (χ4n) is 3.32. The lowest BCUT2D eigenvalue weighted by molar-refractivity contribution is 0.142. The summed E-state index contributed by atoms with van der Waals surface area (Å²) in [7, 11) is 0. The van der Waals surface area contributed by atoms with Crippen molar-refractivity contribution in [2.45, 2.75) is 25.1 Å². The van der Waals surface area contributed by atoms with E-state index in [1.165, 1.54) is 0 Å². The number of benzene rings is 2. The summed E-state index contributed by atoms with van der Waals surface area (Å²) in [6.45, 7) is 1.45. The monoisotopic (exact) mass is 340 g/mol. The Morgan fingerprint density at radius 3 is 2.80 bits per heavy atom. The molecule has 6 nitrogen and oxygen atoms in total. The molecule has 0 fully saturated rings. The molecular formula is C19H20N2O4. The molecule has 6 heteroatoms. The average Bonchev–Trinajstić information content (AvgIpc) is 2.95. The summed E-state index contributed by atoms with van der Waals surface area (Å²) in [5, 5.41) is 15.9. The van der Waals surface area contributed by atoms with Crippen molar-refractivity contribution >= 4 is 6.03 Å². The average molecular weight is 340 g/mol. The number of aliphatic hydroxyl groups excluding tert-OH is 1. The number of ether oxygens (including phenoxy) is 2. The standard InChI is InChI=1S/C19H20N2O4/c22-15-10-13-3-1-2-4-14(13)18(15)21-19(23)20-11-12-5-6-16-17(9-12)25-8-7-24-16/h1-6,9,15,18,22H,7-8,10-11H2,(H2,20,21,23)/t15-,18+/m1/s1. The van der Waals surface area contributed by atoms with Gasteiger partial charge in [0.15, 0.2) is 11.5 Å². The molecule has 25 heavy (non-hydrogen) atoms. The summed E-state index contributed by atoms with van der Waals surface area (Å²) in [6.07, 6.45) is -0.0408. The van der Waals surface area contributed by atoms with Gasteiger partial charge >= 0.3 is 6.03 Å². The van der Waals surface area contributed by atoms with Crippen molar-refractivity contribution in [2.75, 3.05) is 13.2 Å². The van der Waals surface area contributed by atoms with Crippen LogP contribution in [0.4, 0.5) is 4.79 Å². The minimum Gasteiger partial charge on any atom is -0.486 e. The van der Waals surface area contributed by atoms with Crippen molar-refractivity contribution in [3.8, 4) is 11.5 Å². The second kappa shape index (κ2) is 6.64. The first-order valence-corrected chi connectivity index (χ1v) is 8.39. The summed E-state index contributed by atoms with van der Waals surface area (Å²) in [4.78, 5) is 12.2. The van der Waals surface area contributed by atoms with Crippen molar-refractivity contribution in [3.63, 3.8) is 0 Å². The van der Waals surface area contributed by atoms with Crippen LogP contribution in [0.3, 0.4) is 0 Å². The first kappa shape index (κ1) is 15.8. The summed E-state index contributed by atoms with van der Waals surface area (Å²) in [6, 6.07) is 12.7. The van der Waals surface area contributed by atoms with E-state index in [-0.39, 0.29) is 12.1 Å². The Kier molecular flexibility index (Phi) is 4.19. The van der Waals surface area contributed by atoms with Gasteiger partial charge in [0.2, 0.25) is 0 Å². The number of urea groups is 1. The molecule has 2 aromatic rings. The lowest BCUT2D eigenvalue weighted by Gasteiger charge is -2.20. The first-order chi connectivity index (χ1) is 12.2. The molecule has 1 aliphatic carbocycles. The number of fused-ring (bicyclic) bond motifs is 2. The van der Waals surface area contributed by atoms with E-state index in [0.717, 1.165) is 22.4 Å². The highest BCUT2D eigenvalue weighted by molar-refractivity contribution is 5.75. The molecule has 2 aliphatic rings. The minimum absolute atomic E-state index is 0.310. The molecule has 0 radical (unpaired) electrons. The summed E-state index contributed by atoms with van der Waals surface area (Å²) in [5.74, 6) is 1.43. The normalized spacial score (nSPS) is 20.7. The van der Waals surface area contributed by atoms with Crippen LogP contribution in [0.5, 0.6) is 11.5 Å². The van der Waals surface area contributed by atoms with Crippen molar-refractivity contribution in [3.05, 3.63) is 59.2 Å². The van der Waals surface area contributed by atoms with Crippen LogP contribution in [0.1, 0.15) is 22.7 Å². The largest absolute Gasteiger partial charge is 0.486 e. The van der Waals surface area contributed by atoms with Crippen molar-refractivity contribution in [1.29, 1.82) is 0 Å². The maximum atomic E-state index is 12.2. The molecule has 1 aliphatic heterocycles. The van der Waals surface area contributed by atoms with E-state index in [9.17, 15) is 9.90 Å². The predicted octanol–water partition coefficient (Wildman–Crippen LogP) is 1.92. The second-order valence-corrected chi connectivity index (χ2v) is 6.25. The lowest BCUT2D eigenvalue weighted by Crippen LogP contribution is -2.40. The lowest BCUT2D eigenvalue weighted by atomic mass is 10.1. The Bertz CT molecular complexity index is 793. The van der Waals surface area contributed by atoms with Gasteiger partial charge in [0.25, 0.3) is 0 Å². The van der Waals surface area contributed by atoms with Gasteiger partial charge in [-0.3, -0.25) is 0 Å². The Labute approximate surface area is 145 Å². The maximum absolute atomic E-state index is 12.2. The highest BCUT2D eigenvalue weighted by Crippen LogP contribution is 2.32. The van der Waals surface area contributed by atoms with Gasteiger partial charge in [0.1, 0.15) is 13.2 Å². The molecule has 0 unspecified atom stereocenters. The van der Waals surface area contributed by atoms with Crippen LogP contribution in [-0.4, -0.2) is 30.5 Å². The van der Waals surface area contributed by atoms with E-state index in [1.807, 2.05) is 42.5 Å². The molecule has 1 heterocycles. The van der Waals surface area contributed by atoms with E-state index in [2.05, 4.69) is 10.6 Å². The summed E-state index contributed by atoms with van der Waals surface area (Å²) >= 11 is 0. The first-order valence-electron chi connectivity index (χ1n) is 8.39. The van der Waals surface area contributed by atoms with Gasteiger partial charge in [-0.2, -0.15) is 0 Å². The molecule has 2 amide bonds. The van der Waals surface area contributed by atoms with Crippen LogP contribution in [0.25, 0.3) is 0 Å².